The normalized spacial score (nSPS) is 14.1. The molecule has 1 aliphatic heterocycles. The SMILES string of the molecule is [C-]#[N+]C(C(=O)Nc1ccc(C#N)cc1)=C1C=C(N(C)C)Sc2ccccc21. The van der Waals surface area contributed by atoms with E-state index in [2.05, 4.69) is 10.2 Å². The third-order valence-electron chi connectivity index (χ3n) is 3.95. The lowest BCUT2D eigenvalue weighted by Gasteiger charge is -2.24. The molecular formula is C21H16N4OS. The van der Waals surface area contributed by atoms with Crippen molar-refractivity contribution in [2.45, 2.75) is 4.90 Å². The lowest BCUT2D eigenvalue weighted by atomic mass is 10.0. The Kier molecular flexibility index (Phi) is 5.30. The lowest BCUT2D eigenvalue weighted by molar-refractivity contribution is -0.112. The molecule has 0 aromatic heterocycles. The summed E-state index contributed by atoms with van der Waals surface area (Å²) in [6, 6.07) is 16.3. The minimum atomic E-state index is -0.472. The van der Waals surface area contributed by atoms with Gasteiger partial charge in [-0.2, -0.15) is 5.26 Å². The maximum Gasteiger partial charge on any atom is 0.258 e. The van der Waals surface area contributed by atoms with Crippen LogP contribution in [0.1, 0.15) is 11.1 Å². The Morgan fingerprint density at radius 1 is 1.19 bits per heavy atom. The van der Waals surface area contributed by atoms with Crippen LogP contribution in [-0.2, 0) is 4.79 Å². The summed E-state index contributed by atoms with van der Waals surface area (Å²) in [5.41, 5.74) is 2.55. The molecule has 0 saturated heterocycles. The topological polar surface area (TPSA) is 60.5 Å². The molecule has 0 radical (unpaired) electrons. The Hall–Kier alpha value is -3.48. The number of rotatable bonds is 3. The van der Waals surface area contributed by atoms with Gasteiger partial charge in [-0.15, -0.1) is 0 Å². The number of amides is 1. The second-order valence-corrected chi connectivity index (χ2v) is 7.05. The van der Waals surface area contributed by atoms with Crippen LogP contribution in [0.3, 0.4) is 0 Å². The van der Waals surface area contributed by atoms with Gasteiger partial charge in [0.05, 0.1) is 23.2 Å². The van der Waals surface area contributed by atoms with Gasteiger partial charge >= 0.3 is 0 Å². The molecule has 0 saturated carbocycles. The van der Waals surface area contributed by atoms with E-state index in [1.54, 1.807) is 36.0 Å². The van der Waals surface area contributed by atoms with Gasteiger partial charge in [-0.3, -0.25) is 4.79 Å². The van der Waals surface area contributed by atoms with Gasteiger partial charge < -0.3 is 10.2 Å². The van der Waals surface area contributed by atoms with Crippen LogP contribution < -0.4 is 5.32 Å². The molecule has 0 aliphatic carbocycles. The van der Waals surface area contributed by atoms with E-state index in [0.717, 1.165) is 15.5 Å². The second kappa shape index (κ2) is 7.82. The fourth-order valence-corrected chi connectivity index (χ4v) is 3.61. The quantitative estimate of drug-likeness (QED) is 0.643. The molecule has 1 heterocycles. The summed E-state index contributed by atoms with van der Waals surface area (Å²) in [6.07, 6.45) is 1.87. The van der Waals surface area contributed by atoms with Crippen molar-refractivity contribution in [1.29, 1.82) is 5.26 Å². The molecule has 2 aromatic carbocycles. The molecule has 132 valence electrons. The summed E-state index contributed by atoms with van der Waals surface area (Å²) in [4.78, 5) is 19.3. The number of thioether (sulfide) groups is 1. The largest absolute Gasteiger partial charge is 0.372 e. The first-order valence-electron chi connectivity index (χ1n) is 8.13. The predicted molar refractivity (Wildman–Crippen MR) is 107 cm³/mol. The summed E-state index contributed by atoms with van der Waals surface area (Å²) in [5, 5.41) is 12.6. The molecule has 3 rings (SSSR count). The van der Waals surface area contributed by atoms with Crippen molar-refractivity contribution in [1.82, 2.24) is 4.90 Å². The number of carbonyl (C=O) groups is 1. The van der Waals surface area contributed by atoms with E-state index in [9.17, 15) is 4.79 Å². The average molecular weight is 372 g/mol. The van der Waals surface area contributed by atoms with Crippen molar-refractivity contribution in [2.75, 3.05) is 19.4 Å². The van der Waals surface area contributed by atoms with E-state index < -0.39 is 5.91 Å². The Morgan fingerprint density at radius 2 is 1.89 bits per heavy atom. The maximum atomic E-state index is 12.8. The molecule has 5 nitrogen and oxygen atoms in total. The highest BCUT2D eigenvalue weighted by Gasteiger charge is 2.23. The number of anilines is 1. The molecule has 1 amide bonds. The number of fused-ring (bicyclic) bond motifs is 1. The third-order valence-corrected chi connectivity index (χ3v) is 5.22. The Labute approximate surface area is 162 Å². The summed E-state index contributed by atoms with van der Waals surface area (Å²) < 4.78 is 0. The van der Waals surface area contributed by atoms with Crippen LogP contribution in [0.2, 0.25) is 0 Å². The van der Waals surface area contributed by atoms with E-state index >= 15 is 0 Å². The van der Waals surface area contributed by atoms with Crippen molar-refractivity contribution in [3.8, 4) is 6.07 Å². The van der Waals surface area contributed by atoms with Crippen LogP contribution in [-0.4, -0.2) is 24.9 Å². The monoisotopic (exact) mass is 372 g/mol. The van der Waals surface area contributed by atoms with Crippen molar-refractivity contribution in [3.63, 3.8) is 0 Å². The maximum absolute atomic E-state index is 12.8. The van der Waals surface area contributed by atoms with Gasteiger partial charge in [0, 0.05) is 24.7 Å². The van der Waals surface area contributed by atoms with Crippen molar-refractivity contribution >= 4 is 28.9 Å². The molecule has 6 heteroatoms. The van der Waals surface area contributed by atoms with E-state index in [1.807, 2.05) is 55.4 Å². The number of nitrogens with one attached hydrogen (secondary N) is 1. The number of nitrogens with zero attached hydrogens (tertiary/aromatic N) is 3. The van der Waals surface area contributed by atoms with E-state index in [1.165, 1.54) is 0 Å². The van der Waals surface area contributed by atoms with E-state index in [0.29, 0.717) is 16.8 Å². The molecule has 0 bridgehead atoms. The molecule has 0 atom stereocenters. The highest BCUT2D eigenvalue weighted by Crippen LogP contribution is 2.42. The summed E-state index contributed by atoms with van der Waals surface area (Å²) >= 11 is 1.60. The molecule has 2 aromatic rings. The first-order valence-corrected chi connectivity index (χ1v) is 8.94. The average Bonchev–Trinajstić information content (AvgIpc) is 2.68. The minimum absolute atomic E-state index is 0.0338. The van der Waals surface area contributed by atoms with Crippen LogP contribution in [0, 0.1) is 17.9 Å². The number of hydrogen-bond acceptors (Lipinski definition) is 4. The standard InChI is InChI=1S/C21H16N4OS/c1-23-20(21(26)24-15-10-8-14(13-22)9-11-15)17-12-19(25(2)3)27-18-7-5-4-6-16(17)18/h4-12H,2-3H3,(H,24,26). The van der Waals surface area contributed by atoms with Gasteiger partial charge in [-0.1, -0.05) is 30.0 Å². The molecule has 1 aliphatic rings. The van der Waals surface area contributed by atoms with E-state index in [-0.39, 0.29) is 5.70 Å². The zero-order valence-electron chi connectivity index (χ0n) is 14.9. The number of hydrogen-bond donors (Lipinski definition) is 1. The molecule has 0 unspecified atom stereocenters. The van der Waals surface area contributed by atoms with Crippen LogP contribution in [0.4, 0.5) is 5.69 Å². The second-order valence-electron chi connectivity index (χ2n) is 5.99. The highest BCUT2D eigenvalue weighted by atomic mass is 32.2. The molecule has 0 fully saturated rings. The van der Waals surface area contributed by atoms with Gasteiger partial charge in [-0.25, -0.2) is 4.85 Å². The van der Waals surface area contributed by atoms with Gasteiger partial charge in [0.1, 0.15) is 0 Å². The number of carbonyl (C=O) groups excluding carboxylic acids is 1. The van der Waals surface area contributed by atoms with Crippen LogP contribution in [0.15, 0.2) is 70.2 Å². The van der Waals surface area contributed by atoms with Crippen LogP contribution in [0.5, 0.6) is 0 Å². The smallest absolute Gasteiger partial charge is 0.258 e. The summed E-state index contributed by atoms with van der Waals surface area (Å²) in [5.74, 6) is -0.472. The van der Waals surface area contributed by atoms with Crippen LogP contribution >= 0.6 is 11.8 Å². The van der Waals surface area contributed by atoms with Gasteiger partial charge in [-0.05, 0) is 47.5 Å². The number of benzene rings is 2. The zero-order chi connectivity index (χ0) is 19.4. The van der Waals surface area contributed by atoms with Crippen molar-refractivity contribution in [2.24, 2.45) is 0 Å². The Balaban J connectivity index is 2.03. The van der Waals surface area contributed by atoms with E-state index in [4.69, 9.17) is 11.8 Å². The van der Waals surface area contributed by atoms with Crippen LogP contribution in [0.25, 0.3) is 10.4 Å². The fourth-order valence-electron chi connectivity index (χ4n) is 2.59. The number of allylic oxidation sites excluding steroid dienone is 2. The lowest BCUT2D eigenvalue weighted by Crippen LogP contribution is -2.16. The molecule has 1 N–H and O–H groups in total. The van der Waals surface area contributed by atoms with Gasteiger partial charge in [0.25, 0.3) is 11.6 Å². The first kappa shape index (κ1) is 18.3. The fraction of sp³-hybridized carbons (Fsp3) is 0.0952. The van der Waals surface area contributed by atoms with Gasteiger partial charge in [0.2, 0.25) is 0 Å². The highest BCUT2D eigenvalue weighted by molar-refractivity contribution is 8.03. The third kappa shape index (κ3) is 3.87. The van der Waals surface area contributed by atoms with Gasteiger partial charge in [0.15, 0.2) is 0 Å². The molecule has 27 heavy (non-hydrogen) atoms. The summed E-state index contributed by atoms with van der Waals surface area (Å²) in [7, 11) is 3.86. The minimum Gasteiger partial charge on any atom is -0.372 e. The Bertz CT molecular complexity index is 1040. The van der Waals surface area contributed by atoms with Crippen molar-refractivity contribution < 1.29 is 4.79 Å². The number of nitriles is 1. The Morgan fingerprint density at radius 3 is 2.52 bits per heavy atom. The summed E-state index contributed by atoms with van der Waals surface area (Å²) in [6.45, 7) is 7.58. The first-order chi connectivity index (χ1) is 13.0. The van der Waals surface area contributed by atoms with Crippen molar-refractivity contribution in [3.05, 3.63) is 87.9 Å². The molecular weight excluding hydrogens is 356 g/mol. The predicted octanol–water partition coefficient (Wildman–Crippen LogP) is 4.34. The molecule has 0 spiro atoms. The zero-order valence-corrected chi connectivity index (χ0v) is 15.7.